The van der Waals surface area contributed by atoms with E-state index in [4.69, 9.17) is 5.73 Å². The van der Waals surface area contributed by atoms with E-state index in [1.165, 1.54) is 6.07 Å². The van der Waals surface area contributed by atoms with E-state index in [0.29, 0.717) is 16.6 Å². The Bertz CT molecular complexity index is 536. The first-order valence-corrected chi connectivity index (χ1v) is 5.29. The summed E-state index contributed by atoms with van der Waals surface area (Å²) >= 11 is 2.91. The normalized spacial score (nSPS) is 11.6. The van der Waals surface area contributed by atoms with Gasteiger partial charge in [-0.25, -0.2) is 0 Å². The summed E-state index contributed by atoms with van der Waals surface area (Å²) in [6.45, 7) is 0.271. The molecule has 0 aliphatic rings. The number of nitrogens with one attached hydrogen (secondary N) is 1. The number of benzene rings is 1. The molecular formula is C10H9BrClF3N2. The maximum absolute atomic E-state index is 12.6. The smallest absolute Gasteiger partial charge is 0.357 e. The molecular weight excluding hydrogens is 320 g/mol. The first-order chi connectivity index (χ1) is 7.41. The van der Waals surface area contributed by atoms with Crippen LogP contribution in [0.15, 0.2) is 22.7 Å². The summed E-state index contributed by atoms with van der Waals surface area (Å²) < 4.78 is 37.8. The van der Waals surface area contributed by atoms with Crippen LogP contribution in [0.3, 0.4) is 0 Å². The lowest BCUT2D eigenvalue weighted by atomic mass is 10.1. The quantitative estimate of drug-likeness (QED) is 0.820. The number of H-pyrrole nitrogens is 1. The van der Waals surface area contributed by atoms with Gasteiger partial charge in [0.05, 0.1) is 5.56 Å². The zero-order chi connectivity index (χ0) is 11.9. The molecule has 1 heterocycles. The molecule has 94 valence electrons. The number of alkyl halides is 3. The highest BCUT2D eigenvalue weighted by Crippen LogP contribution is 2.37. The topological polar surface area (TPSA) is 41.8 Å². The first kappa shape index (κ1) is 14.3. The van der Waals surface area contributed by atoms with Gasteiger partial charge in [0, 0.05) is 27.6 Å². The van der Waals surface area contributed by atoms with Crippen LogP contribution in [0.1, 0.15) is 11.3 Å². The number of hydrogen-bond donors (Lipinski definition) is 2. The van der Waals surface area contributed by atoms with Crippen molar-refractivity contribution in [2.24, 2.45) is 5.73 Å². The molecule has 0 unspecified atom stereocenters. The average Bonchev–Trinajstić information content (AvgIpc) is 2.56. The van der Waals surface area contributed by atoms with Gasteiger partial charge in [0.1, 0.15) is 0 Å². The molecule has 0 radical (unpaired) electrons. The summed E-state index contributed by atoms with van der Waals surface area (Å²) in [5, 5.41) is 0.510. The summed E-state index contributed by atoms with van der Waals surface area (Å²) in [6, 6.07) is 4.14. The lowest BCUT2D eigenvalue weighted by molar-refractivity contribution is -0.138. The fourth-order valence-electron chi connectivity index (χ4n) is 1.54. The Morgan fingerprint density at radius 2 is 1.88 bits per heavy atom. The highest BCUT2D eigenvalue weighted by atomic mass is 79.9. The largest absolute Gasteiger partial charge is 0.417 e. The molecule has 1 aromatic heterocycles. The third kappa shape index (κ3) is 2.75. The predicted octanol–water partition coefficient (Wildman–Crippen LogP) is 3.83. The third-order valence-electron chi connectivity index (χ3n) is 2.29. The van der Waals surface area contributed by atoms with Crippen LogP contribution in [0.25, 0.3) is 10.9 Å². The van der Waals surface area contributed by atoms with E-state index in [0.717, 1.165) is 6.07 Å². The van der Waals surface area contributed by atoms with Crippen molar-refractivity contribution in [1.29, 1.82) is 0 Å². The molecule has 0 aliphatic heterocycles. The average molecular weight is 330 g/mol. The Labute approximate surface area is 110 Å². The SMILES string of the molecule is Cl.NCc1cc2cc(C(F)(F)F)c(Br)cc2[nH]1. The number of hydrogen-bond acceptors (Lipinski definition) is 1. The van der Waals surface area contributed by atoms with Crippen molar-refractivity contribution < 1.29 is 13.2 Å². The Morgan fingerprint density at radius 1 is 1.24 bits per heavy atom. The number of nitrogens with two attached hydrogens (primary N) is 1. The van der Waals surface area contributed by atoms with Crippen LogP contribution in [0.4, 0.5) is 13.2 Å². The van der Waals surface area contributed by atoms with Gasteiger partial charge in [0.2, 0.25) is 0 Å². The second kappa shape index (κ2) is 4.88. The van der Waals surface area contributed by atoms with Crippen LogP contribution in [0, 0.1) is 0 Å². The standard InChI is InChI=1S/C10H8BrF3N2.ClH/c11-8-3-9-5(1-6(4-15)16-9)2-7(8)10(12,13)14;/h1-3,16H,4,15H2;1H. The van der Waals surface area contributed by atoms with E-state index in [-0.39, 0.29) is 23.4 Å². The van der Waals surface area contributed by atoms with Gasteiger partial charge in [-0.1, -0.05) is 15.9 Å². The minimum absolute atomic E-state index is 0. The van der Waals surface area contributed by atoms with Gasteiger partial charge < -0.3 is 10.7 Å². The monoisotopic (exact) mass is 328 g/mol. The molecule has 0 spiro atoms. The molecule has 2 aromatic rings. The van der Waals surface area contributed by atoms with Crippen LogP contribution >= 0.6 is 28.3 Å². The van der Waals surface area contributed by atoms with Gasteiger partial charge >= 0.3 is 6.18 Å². The zero-order valence-electron chi connectivity index (χ0n) is 8.44. The van der Waals surface area contributed by atoms with Crippen molar-refractivity contribution in [3.8, 4) is 0 Å². The zero-order valence-corrected chi connectivity index (χ0v) is 10.8. The minimum atomic E-state index is -4.35. The number of aromatic amines is 1. The van der Waals surface area contributed by atoms with Crippen molar-refractivity contribution in [2.45, 2.75) is 12.7 Å². The summed E-state index contributed by atoms with van der Waals surface area (Å²) in [5.41, 5.74) is 6.08. The fourth-order valence-corrected chi connectivity index (χ4v) is 2.11. The first-order valence-electron chi connectivity index (χ1n) is 4.50. The minimum Gasteiger partial charge on any atom is -0.357 e. The summed E-state index contributed by atoms with van der Waals surface area (Å²) in [4.78, 5) is 2.94. The summed E-state index contributed by atoms with van der Waals surface area (Å²) in [7, 11) is 0. The Hall–Kier alpha value is -0.720. The van der Waals surface area contributed by atoms with Crippen LogP contribution in [-0.4, -0.2) is 4.98 Å². The van der Waals surface area contributed by atoms with E-state index in [1.807, 2.05) is 0 Å². The van der Waals surface area contributed by atoms with E-state index in [9.17, 15) is 13.2 Å². The van der Waals surface area contributed by atoms with E-state index in [1.54, 1.807) is 6.07 Å². The third-order valence-corrected chi connectivity index (χ3v) is 2.95. The Morgan fingerprint density at radius 3 is 2.41 bits per heavy atom. The van der Waals surface area contributed by atoms with Crippen LogP contribution < -0.4 is 5.73 Å². The van der Waals surface area contributed by atoms with Gasteiger partial charge in [-0.3, -0.25) is 0 Å². The van der Waals surface area contributed by atoms with Gasteiger partial charge in [-0.05, 0) is 18.2 Å². The highest BCUT2D eigenvalue weighted by Gasteiger charge is 2.33. The molecule has 2 nitrogen and oxygen atoms in total. The van der Waals surface area contributed by atoms with Crippen molar-refractivity contribution in [2.75, 3.05) is 0 Å². The lowest BCUT2D eigenvalue weighted by Crippen LogP contribution is -2.05. The number of rotatable bonds is 1. The number of fused-ring (bicyclic) bond motifs is 1. The number of halogens is 5. The van der Waals surface area contributed by atoms with Crippen LogP contribution in [0.5, 0.6) is 0 Å². The molecule has 0 atom stereocenters. The van der Waals surface area contributed by atoms with E-state index < -0.39 is 11.7 Å². The second-order valence-electron chi connectivity index (χ2n) is 3.42. The maximum Gasteiger partial charge on any atom is 0.417 e. The molecule has 0 aliphatic carbocycles. The Balaban J connectivity index is 0.00000144. The van der Waals surface area contributed by atoms with Crippen molar-refractivity contribution >= 4 is 39.2 Å². The van der Waals surface area contributed by atoms with Gasteiger partial charge in [-0.2, -0.15) is 13.2 Å². The van der Waals surface area contributed by atoms with Crippen LogP contribution in [-0.2, 0) is 12.7 Å². The molecule has 0 saturated carbocycles. The number of aromatic nitrogens is 1. The maximum atomic E-state index is 12.6. The van der Waals surface area contributed by atoms with Crippen molar-refractivity contribution in [1.82, 2.24) is 4.98 Å². The molecule has 0 fully saturated rings. The molecule has 0 bridgehead atoms. The Kier molecular flexibility index (Phi) is 4.11. The van der Waals surface area contributed by atoms with E-state index in [2.05, 4.69) is 20.9 Å². The molecule has 17 heavy (non-hydrogen) atoms. The van der Waals surface area contributed by atoms with Gasteiger partial charge in [0.25, 0.3) is 0 Å². The van der Waals surface area contributed by atoms with E-state index >= 15 is 0 Å². The second-order valence-corrected chi connectivity index (χ2v) is 4.27. The van der Waals surface area contributed by atoms with Crippen LogP contribution in [0.2, 0.25) is 0 Å². The predicted molar refractivity (Wildman–Crippen MR) is 66.1 cm³/mol. The molecule has 0 amide bonds. The summed E-state index contributed by atoms with van der Waals surface area (Å²) in [5.74, 6) is 0. The molecule has 1 aromatic carbocycles. The molecule has 2 rings (SSSR count). The van der Waals surface area contributed by atoms with Crippen molar-refractivity contribution in [3.05, 3.63) is 33.9 Å². The van der Waals surface area contributed by atoms with Crippen molar-refractivity contribution in [3.63, 3.8) is 0 Å². The van der Waals surface area contributed by atoms with Gasteiger partial charge in [0.15, 0.2) is 0 Å². The highest BCUT2D eigenvalue weighted by molar-refractivity contribution is 9.10. The molecule has 7 heteroatoms. The fraction of sp³-hybridized carbons (Fsp3) is 0.200. The van der Waals surface area contributed by atoms with Gasteiger partial charge in [-0.15, -0.1) is 12.4 Å². The summed E-state index contributed by atoms with van der Waals surface area (Å²) in [6.07, 6.45) is -4.35. The lowest BCUT2D eigenvalue weighted by Gasteiger charge is -2.08. The molecule has 3 N–H and O–H groups in total. The molecule has 0 saturated heterocycles.